The molecule has 1 aliphatic heterocycles. The highest BCUT2D eigenvalue weighted by atomic mass is 16.6. The van der Waals surface area contributed by atoms with Crippen LogP contribution in [-0.2, 0) is 4.74 Å². The molecule has 0 aromatic heterocycles. The Morgan fingerprint density at radius 3 is 2.90 bits per heavy atom. The number of ether oxygens (including phenoxy) is 1. The van der Waals surface area contributed by atoms with Gasteiger partial charge in [0, 0.05) is 25.3 Å². The van der Waals surface area contributed by atoms with E-state index >= 15 is 0 Å². The first-order valence-electron chi connectivity index (χ1n) is 6.14. The van der Waals surface area contributed by atoms with Crippen molar-refractivity contribution < 1.29 is 14.5 Å². The Balaban J connectivity index is 2.25. The summed E-state index contributed by atoms with van der Waals surface area (Å²) in [6.45, 7) is 1.12. The number of benzene rings is 1. The topological polar surface area (TPSA) is 111 Å². The molecule has 0 spiro atoms. The zero-order valence-corrected chi connectivity index (χ0v) is 11.0. The zero-order valence-electron chi connectivity index (χ0n) is 11.0. The standard InChI is InChI=1S/C12H16N4O4/c1-15(9-4-5-20-7-9)12(17)8-2-3-10(14-13)11(6-8)16(18)19/h2-3,6,9,14H,4-5,7,13H2,1H3. The SMILES string of the molecule is CN(C(=O)c1ccc(NN)c([N+](=O)[O-])c1)C1CCOC1. The molecule has 108 valence electrons. The molecule has 3 N–H and O–H groups in total. The van der Waals surface area contributed by atoms with Gasteiger partial charge < -0.3 is 15.1 Å². The summed E-state index contributed by atoms with van der Waals surface area (Å²) in [7, 11) is 1.67. The normalized spacial score (nSPS) is 17.8. The van der Waals surface area contributed by atoms with Crippen LogP contribution in [0, 0.1) is 10.1 Å². The van der Waals surface area contributed by atoms with Crippen LogP contribution in [0.2, 0.25) is 0 Å². The maximum absolute atomic E-state index is 12.3. The number of likely N-dealkylation sites (N-methyl/N-ethyl adjacent to an activating group) is 1. The summed E-state index contributed by atoms with van der Waals surface area (Å²) in [5.74, 6) is 4.94. The number of nitrogens with zero attached hydrogens (tertiary/aromatic N) is 2. The van der Waals surface area contributed by atoms with Gasteiger partial charge in [-0.2, -0.15) is 0 Å². The predicted molar refractivity (Wildman–Crippen MR) is 72.2 cm³/mol. The fourth-order valence-corrected chi connectivity index (χ4v) is 2.13. The van der Waals surface area contributed by atoms with E-state index in [9.17, 15) is 14.9 Å². The maximum atomic E-state index is 12.3. The molecule has 0 radical (unpaired) electrons. The number of carbonyl (C=O) groups is 1. The highest BCUT2D eigenvalue weighted by molar-refractivity contribution is 5.95. The van der Waals surface area contributed by atoms with Crippen LogP contribution in [0.25, 0.3) is 0 Å². The fraction of sp³-hybridized carbons (Fsp3) is 0.417. The zero-order chi connectivity index (χ0) is 14.7. The molecule has 1 saturated heterocycles. The molecule has 0 bridgehead atoms. The number of hydrazine groups is 1. The number of amides is 1. The number of anilines is 1. The van der Waals surface area contributed by atoms with Crippen molar-refractivity contribution in [2.45, 2.75) is 12.5 Å². The summed E-state index contributed by atoms with van der Waals surface area (Å²) in [5, 5.41) is 10.9. The molecule has 1 unspecified atom stereocenters. The molecule has 0 aliphatic carbocycles. The van der Waals surface area contributed by atoms with Crippen LogP contribution in [0.4, 0.5) is 11.4 Å². The first-order valence-corrected chi connectivity index (χ1v) is 6.14. The minimum Gasteiger partial charge on any atom is -0.379 e. The monoisotopic (exact) mass is 280 g/mol. The molecule has 8 nitrogen and oxygen atoms in total. The van der Waals surface area contributed by atoms with Gasteiger partial charge in [0.2, 0.25) is 0 Å². The lowest BCUT2D eigenvalue weighted by atomic mass is 10.1. The van der Waals surface area contributed by atoms with Crippen molar-refractivity contribution in [3.05, 3.63) is 33.9 Å². The smallest absolute Gasteiger partial charge is 0.294 e. The summed E-state index contributed by atoms with van der Waals surface area (Å²) < 4.78 is 5.23. The Bertz CT molecular complexity index is 528. The molecule has 1 heterocycles. The predicted octanol–water partition coefficient (Wildman–Crippen LogP) is 0.741. The van der Waals surface area contributed by atoms with E-state index in [1.54, 1.807) is 11.9 Å². The van der Waals surface area contributed by atoms with Gasteiger partial charge in [-0.25, -0.2) is 0 Å². The number of nitro benzene ring substituents is 1. The number of nitrogens with two attached hydrogens (primary N) is 1. The van der Waals surface area contributed by atoms with Crippen molar-refractivity contribution in [3.63, 3.8) is 0 Å². The lowest BCUT2D eigenvalue weighted by molar-refractivity contribution is -0.384. The molecule has 1 aromatic carbocycles. The van der Waals surface area contributed by atoms with Crippen molar-refractivity contribution in [1.82, 2.24) is 4.90 Å². The van der Waals surface area contributed by atoms with Gasteiger partial charge in [-0.15, -0.1) is 0 Å². The van der Waals surface area contributed by atoms with Crippen LogP contribution >= 0.6 is 0 Å². The Morgan fingerprint density at radius 1 is 1.60 bits per heavy atom. The van der Waals surface area contributed by atoms with E-state index in [-0.39, 0.29) is 28.9 Å². The molecule has 1 amide bonds. The van der Waals surface area contributed by atoms with E-state index in [4.69, 9.17) is 10.6 Å². The van der Waals surface area contributed by atoms with Gasteiger partial charge in [-0.3, -0.25) is 20.8 Å². The van der Waals surface area contributed by atoms with E-state index < -0.39 is 4.92 Å². The average Bonchev–Trinajstić information content (AvgIpc) is 2.99. The Kier molecular flexibility index (Phi) is 4.16. The Hall–Kier alpha value is -2.19. The van der Waals surface area contributed by atoms with E-state index in [0.29, 0.717) is 13.2 Å². The van der Waals surface area contributed by atoms with Crippen molar-refractivity contribution in [1.29, 1.82) is 0 Å². The maximum Gasteiger partial charge on any atom is 0.294 e. The summed E-state index contributed by atoms with van der Waals surface area (Å²) in [6, 6.07) is 4.17. The second-order valence-corrected chi connectivity index (χ2v) is 4.57. The van der Waals surface area contributed by atoms with E-state index in [0.717, 1.165) is 6.42 Å². The van der Waals surface area contributed by atoms with Gasteiger partial charge in [0.15, 0.2) is 0 Å². The highest BCUT2D eigenvalue weighted by Gasteiger charge is 2.26. The van der Waals surface area contributed by atoms with Crippen molar-refractivity contribution in [3.8, 4) is 0 Å². The van der Waals surface area contributed by atoms with Crippen molar-refractivity contribution in [2.24, 2.45) is 5.84 Å². The summed E-state index contributed by atoms with van der Waals surface area (Å²) in [6.07, 6.45) is 0.771. The third-order valence-corrected chi connectivity index (χ3v) is 3.37. The molecular weight excluding hydrogens is 264 g/mol. The van der Waals surface area contributed by atoms with Crippen LogP contribution in [0.15, 0.2) is 18.2 Å². The number of hydrogen-bond donors (Lipinski definition) is 2. The van der Waals surface area contributed by atoms with Gasteiger partial charge in [0.1, 0.15) is 5.69 Å². The van der Waals surface area contributed by atoms with E-state index in [1.165, 1.54) is 18.2 Å². The molecular formula is C12H16N4O4. The number of nitrogens with one attached hydrogen (secondary N) is 1. The number of hydrogen-bond acceptors (Lipinski definition) is 6. The Labute approximate surface area is 115 Å². The lowest BCUT2D eigenvalue weighted by Crippen LogP contribution is -2.37. The van der Waals surface area contributed by atoms with Crippen LogP contribution < -0.4 is 11.3 Å². The van der Waals surface area contributed by atoms with Gasteiger partial charge in [-0.1, -0.05) is 0 Å². The second-order valence-electron chi connectivity index (χ2n) is 4.57. The summed E-state index contributed by atoms with van der Waals surface area (Å²) in [4.78, 5) is 24.2. The number of carbonyl (C=O) groups excluding carboxylic acids is 1. The minimum atomic E-state index is -0.579. The average molecular weight is 280 g/mol. The summed E-state index contributed by atoms with van der Waals surface area (Å²) in [5.41, 5.74) is 2.43. The minimum absolute atomic E-state index is 0.00821. The van der Waals surface area contributed by atoms with Crippen LogP contribution in [0.1, 0.15) is 16.8 Å². The summed E-state index contributed by atoms with van der Waals surface area (Å²) >= 11 is 0. The molecule has 1 aliphatic rings. The Morgan fingerprint density at radius 2 is 2.35 bits per heavy atom. The highest BCUT2D eigenvalue weighted by Crippen LogP contribution is 2.25. The van der Waals surface area contributed by atoms with Gasteiger partial charge >= 0.3 is 0 Å². The number of nitrogen functional groups attached to an aromatic ring is 1. The van der Waals surface area contributed by atoms with Crippen molar-refractivity contribution in [2.75, 3.05) is 25.7 Å². The van der Waals surface area contributed by atoms with Crippen molar-refractivity contribution >= 4 is 17.3 Å². The molecule has 20 heavy (non-hydrogen) atoms. The first-order chi connectivity index (χ1) is 9.54. The van der Waals surface area contributed by atoms with E-state index in [1.807, 2.05) is 0 Å². The van der Waals surface area contributed by atoms with Crippen LogP contribution in [0.3, 0.4) is 0 Å². The molecule has 1 aromatic rings. The quantitative estimate of drug-likeness (QED) is 0.478. The second kappa shape index (κ2) is 5.85. The largest absolute Gasteiger partial charge is 0.379 e. The third-order valence-electron chi connectivity index (χ3n) is 3.37. The first kappa shape index (κ1) is 14.2. The third kappa shape index (κ3) is 2.70. The number of rotatable bonds is 4. The van der Waals surface area contributed by atoms with E-state index in [2.05, 4.69) is 5.43 Å². The molecule has 1 fully saturated rings. The molecule has 8 heteroatoms. The number of nitro groups is 1. The molecule has 0 saturated carbocycles. The van der Waals surface area contributed by atoms with Gasteiger partial charge in [-0.05, 0) is 18.6 Å². The molecule has 1 atom stereocenters. The van der Waals surface area contributed by atoms with Crippen LogP contribution in [-0.4, -0.2) is 42.0 Å². The van der Waals surface area contributed by atoms with Crippen LogP contribution in [0.5, 0.6) is 0 Å². The van der Waals surface area contributed by atoms with Gasteiger partial charge in [0.25, 0.3) is 11.6 Å². The fourth-order valence-electron chi connectivity index (χ4n) is 2.13. The lowest BCUT2D eigenvalue weighted by Gasteiger charge is -2.23. The van der Waals surface area contributed by atoms with Gasteiger partial charge in [0.05, 0.1) is 17.6 Å². The molecule has 2 rings (SSSR count).